The van der Waals surface area contributed by atoms with Crippen LogP contribution in [0.1, 0.15) is 43.7 Å². The molecule has 0 aromatic heterocycles. The molecule has 4 nitrogen and oxygen atoms in total. The first-order valence-electron chi connectivity index (χ1n) is 13.7. The van der Waals surface area contributed by atoms with Crippen LogP contribution in [0.2, 0.25) is 0 Å². The Bertz CT molecular complexity index is 1820. The van der Waals surface area contributed by atoms with Gasteiger partial charge in [0.25, 0.3) is 5.91 Å². The number of benzene rings is 4. The van der Waals surface area contributed by atoms with Crippen LogP contribution >= 0.6 is 0 Å². The minimum absolute atomic E-state index is 0.00408. The molecule has 262 valence electrons. The van der Waals surface area contributed by atoms with E-state index in [0.29, 0.717) is 35.9 Å². The zero-order valence-corrected chi connectivity index (χ0v) is 24.3. The standard InChI is InChI=1S/C32H21F13N2O2/c33-21-10-20(11-22(13-21)49-32(44,45)28(36)37)29(14-16-1-3-17(15-46)4-2-16,19-6-8-26(35)24(12-19)31(41,42)43)47-27(48)18-5-7-25(34)23(9-18)30(38,39)40/h1-13,28H,14-15,46H2,(H,47,48). The Morgan fingerprint density at radius 3 is 1.80 bits per heavy atom. The zero-order valence-electron chi connectivity index (χ0n) is 24.3. The third-order valence-corrected chi connectivity index (χ3v) is 7.23. The molecule has 0 fully saturated rings. The van der Waals surface area contributed by atoms with Gasteiger partial charge in [-0.05, 0) is 64.7 Å². The molecule has 0 aliphatic heterocycles. The van der Waals surface area contributed by atoms with Crippen LogP contribution in [0.3, 0.4) is 0 Å². The quantitative estimate of drug-likeness (QED) is 0.162. The van der Waals surface area contributed by atoms with Crippen molar-refractivity contribution in [3.63, 3.8) is 0 Å². The maximum Gasteiger partial charge on any atom is 0.461 e. The normalized spacial score (nSPS) is 13.7. The fourth-order valence-corrected chi connectivity index (χ4v) is 4.89. The third-order valence-electron chi connectivity index (χ3n) is 7.23. The van der Waals surface area contributed by atoms with Gasteiger partial charge in [0.15, 0.2) is 0 Å². The van der Waals surface area contributed by atoms with E-state index in [2.05, 4.69) is 10.1 Å². The van der Waals surface area contributed by atoms with Crippen molar-refractivity contribution in [2.45, 2.75) is 43.4 Å². The van der Waals surface area contributed by atoms with E-state index >= 15 is 4.39 Å². The van der Waals surface area contributed by atoms with E-state index in [1.165, 1.54) is 24.3 Å². The second kappa shape index (κ2) is 13.6. The molecule has 49 heavy (non-hydrogen) atoms. The molecule has 0 saturated heterocycles. The van der Waals surface area contributed by atoms with Gasteiger partial charge in [-0.2, -0.15) is 43.9 Å². The van der Waals surface area contributed by atoms with Crippen LogP contribution in [0.25, 0.3) is 0 Å². The first kappa shape index (κ1) is 37.0. The van der Waals surface area contributed by atoms with Crippen LogP contribution in [-0.2, 0) is 30.9 Å². The van der Waals surface area contributed by atoms with Gasteiger partial charge in [-0.25, -0.2) is 13.2 Å². The third kappa shape index (κ3) is 8.26. The highest BCUT2D eigenvalue weighted by Gasteiger charge is 2.45. The summed E-state index contributed by atoms with van der Waals surface area (Å²) in [7, 11) is 0. The topological polar surface area (TPSA) is 64.3 Å². The van der Waals surface area contributed by atoms with Crippen molar-refractivity contribution < 1.29 is 66.6 Å². The number of hydrogen-bond acceptors (Lipinski definition) is 3. The lowest BCUT2D eigenvalue weighted by Crippen LogP contribution is -2.49. The summed E-state index contributed by atoms with van der Waals surface area (Å²) < 4.78 is 184. The molecule has 0 heterocycles. The van der Waals surface area contributed by atoms with Crippen molar-refractivity contribution in [2.75, 3.05) is 0 Å². The lowest BCUT2D eigenvalue weighted by molar-refractivity contribution is -0.253. The molecule has 0 radical (unpaired) electrons. The summed E-state index contributed by atoms with van der Waals surface area (Å²) >= 11 is 0. The van der Waals surface area contributed by atoms with Gasteiger partial charge in [0.2, 0.25) is 0 Å². The Labute approximate surface area is 268 Å². The fraction of sp³-hybridized carbons (Fsp3) is 0.219. The number of nitrogens with one attached hydrogen (secondary N) is 1. The maximum atomic E-state index is 15.1. The molecule has 4 rings (SSSR count). The van der Waals surface area contributed by atoms with Gasteiger partial charge in [0.1, 0.15) is 23.2 Å². The Kier molecular flexibility index (Phi) is 10.3. The summed E-state index contributed by atoms with van der Waals surface area (Å²) in [6.45, 7) is 0.00408. The molecule has 1 atom stereocenters. The SMILES string of the molecule is NCc1ccc(CC(NC(=O)c2ccc(F)c(C(F)(F)F)c2)(c2cc(F)cc(OC(F)(F)C(F)F)c2)c2ccc(F)c(C(F)(F)F)c2)cc1. The maximum absolute atomic E-state index is 15.1. The van der Waals surface area contributed by atoms with Gasteiger partial charge in [-0.1, -0.05) is 30.3 Å². The minimum Gasteiger partial charge on any atom is -0.428 e. The Morgan fingerprint density at radius 1 is 0.694 bits per heavy atom. The predicted molar refractivity (Wildman–Crippen MR) is 147 cm³/mol. The van der Waals surface area contributed by atoms with E-state index in [9.17, 15) is 57.5 Å². The van der Waals surface area contributed by atoms with Crippen molar-refractivity contribution in [3.8, 4) is 5.75 Å². The highest BCUT2D eigenvalue weighted by Crippen LogP contribution is 2.41. The summed E-state index contributed by atoms with van der Waals surface area (Å²) in [4.78, 5) is 13.7. The van der Waals surface area contributed by atoms with Crippen molar-refractivity contribution in [1.29, 1.82) is 0 Å². The number of halogens is 13. The van der Waals surface area contributed by atoms with E-state index < -0.39 is 93.8 Å². The van der Waals surface area contributed by atoms with Gasteiger partial charge in [0, 0.05) is 24.6 Å². The smallest absolute Gasteiger partial charge is 0.428 e. The van der Waals surface area contributed by atoms with Gasteiger partial charge in [-0.15, -0.1) is 0 Å². The Hall–Kier alpha value is -4.80. The second-order valence-corrected chi connectivity index (χ2v) is 10.6. The number of carbonyl (C=O) groups excluding carboxylic acids is 1. The van der Waals surface area contributed by atoms with Gasteiger partial charge < -0.3 is 15.8 Å². The Morgan fingerprint density at radius 2 is 1.24 bits per heavy atom. The number of alkyl halides is 10. The first-order chi connectivity index (χ1) is 22.7. The zero-order chi connectivity index (χ0) is 36.5. The molecular formula is C32H21F13N2O2. The molecule has 1 unspecified atom stereocenters. The number of carbonyl (C=O) groups is 1. The lowest BCUT2D eigenvalue weighted by atomic mass is 9.76. The van der Waals surface area contributed by atoms with Crippen LogP contribution in [-0.4, -0.2) is 18.4 Å². The number of amides is 1. The van der Waals surface area contributed by atoms with Crippen LogP contribution < -0.4 is 15.8 Å². The van der Waals surface area contributed by atoms with Gasteiger partial charge in [0.05, 0.1) is 16.7 Å². The highest BCUT2D eigenvalue weighted by molar-refractivity contribution is 5.95. The van der Waals surface area contributed by atoms with E-state index in [1.54, 1.807) is 0 Å². The fourth-order valence-electron chi connectivity index (χ4n) is 4.89. The highest BCUT2D eigenvalue weighted by atomic mass is 19.4. The lowest BCUT2D eigenvalue weighted by Gasteiger charge is -2.37. The summed E-state index contributed by atoms with van der Waals surface area (Å²) in [5, 5.41) is 2.19. The molecule has 0 spiro atoms. The molecule has 1 amide bonds. The monoisotopic (exact) mass is 712 g/mol. The van der Waals surface area contributed by atoms with Crippen molar-refractivity contribution in [2.24, 2.45) is 5.73 Å². The average molecular weight is 713 g/mol. The summed E-state index contributed by atoms with van der Waals surface area (Å²) in [5.41, 5.74) is -2.71. The summed E-state index contributed by atoms with van der Waals surface area (Å²) in [5.74, 6) is -7.98. The number of nitrogens with two attached hydrogens (primary N) is 1. The average Bonchev–Trinajstić information content (AvgIpc) is 2.99. The van der Waals surface area contributed by atoms with Crippen LogP contribution in [0.4, 0.5) is 57.1 Å². The van der Waals surface area contributed by atoms with E-state index in [0.717, 1.165) is 0 Å². The molecule has 0 saturated carbocycles. The van der Waals surface area contributed by atoms with Crippen molar-refractivity contribution >= 4 is 5.91 Å². The van der Waals surface area contributed by atoms with Crippen LogP contribution in [0.5, 0.6) is 5.75 Å². The molecular weight excluding hydrogens is 691 g/mol. The predicted octanol–water partition coefficient (Wildman–Crippen LogP) is 8.75. The molecule has 4 aromatic carbocycles. The van der Waals surface area contributed by atoms with Gasteiger partial charge >= 0.3 is 24.9 Å². The van der Waals surface area contributed by atoms with Crippen molar-refractivity contribution in [1.82, 2.24) is 5.32 Å². The Balaban J connectivity index is 2.06. The van der Waals surface area contributed by atoms with Gasteiger partial charge in [-0.3, -0.25) is 4.79 Å². The molecule has 4 aromatic rings. The number of hydrogen-bond donors (Lipinski definition) is 2. The van der Waals surface area contributed by atoms with Crippen LogP contribution in [0.15, 0.2) is 78.9 Å². The summed E-state index contributed by atoms with van der Waals surface area (Å²) in [6.07, 6.45) is -21.2. The minimum atomic E-state index is -5.40. The molecule has 0 aliphatic carbocycles. The second-order valence-electron chi connectivity index (χ2n) is 10.6. The van der Waals surface area contributed by atoms with Crippen molar-refractivity contribution in [3.05, 3.63) is 135 Å². The van der Waals surface area contributed by atoms with E-state index in [1.807, 2.05) is 0 Å². The molecule has 3 N–H and O–H groups in total. The molecule has 0 aliphatic rings. The van der Waals surface area contributed by atoms with Crippen LogP contribution in [0, 0.1) is 17.5 Å². The molecule has 17 heteroatoms. The van der Waals surface area contributed by atoms with E-state index in [-0.39, 0.29) is 36.4 Å². The summed E-state index contributed by atoms with van der Waals surface area (Å²) in [6, 6.07) is 8.76. The molecule has 0 bridgehead atoms. The van der Waals surface area contributed by atoms with E-state index in [4.69, 9.17) is 5.73 Å². The first-order valence-corrected chi connectivity index (χ1v) is 13.7. The largest absolute Gasteiger partial charge is 0.461 e. The number of ether oxygens (including phenoxy) is 1. The number of rotatable bonds is 10.